The Kier molecular flexibility index (Phi) is 4.20. The Morgan fingerprint density at radius 3 is 2.20 bits per heavy atom. The highest BCUT2D eigenvalue weighted by Crippen LogP contribution is 2.29. The summed E-state index contributed by atoms with van der Waals surface area (Å²) in [5, 5.41) is 0. The molecule has 0 aromatic rings. The first-order valence-corrected chi connectivity index (χ1v) is 7.51. The van der Waals surface area contributed by atoms with E-state index in [1.54, 1.807) is 0 Å². The normalized spacial score (nSPS) is 20.8. The molecule has 3 nitrogen and oxygen atoms in total. The zero-order valence-electron chi connectivity index (χ0n) is 9.24. The molecule has 0 aromatic heterocycles. The Hall–Kier alpha value is -0.0600. The third-order valence-electron chi connectivity index (χ3n) is 3.03. The van der Waals surface area contributed by atoms with E-state index in [1.165, 1.54) is 0 Å². The second-order valence-electron chi connectivity index (χ2n) is 4.31. The standard InChI is InChI=1S/C10H18ClNO2S/c1-8(2)12-6-4-10(5-7-12)9(3)15(11,13)14/h8,10H,3-7H2,1-2H3. The quantitative estimate of drug-likeness (QED) is 0.722. The molecule has 0 aliphatic carbocycles. The first-order chi connectivity index (χ1) is 6.82. The van der Waals surface area contributed by atoms with Crippen LogP contribution in [-0.2, 0) is 9.05 Å². The molecule has 1 heterocycles. The second-order valence-corrected chi connectivity index (χ2v) is 6.93. The van der Waals surface area contributed by atoms with Crippen LogP contribution in [0.1, 0.15) is 26.7 Å². The van der Waals surface area contributed by atoms with Crippen LogP contribution in [0.25, 0.3) is 0 Å². The van der Waals surface area contributed by atoms with Crippen molar-refractivity contribution in [1.82, 2.24) is 4.90 Å². The lowest BCUT2D eigenvalue weighted by atomic mass is 9.96. The molecule has 0 aromatic carbocycles. The average Bonchev–Trinajstić information content (AvgIpc) is 2.15. The highest BCUT2D eigenvalue weighted by atomic mass is 35.7. The van der Waals surface area contributed by atoms with Crippen molar-refractivity contribution in [2.24, 2.45) is 5.92 Å². The highest BCUT2D eigenvalue weighted by Gasteiger charge is 2.27. The predicted molar refractivity (Wildman–Crippen MR) is 63.3 cm³/mol. The van der Waals surface area contributed by atoms with Crippen molar-refractivity contribution in [3.8, 4) is 0 Å². The smallest absolute Gasteiger partial charge is 0.257 e. The average molecular weight is 252 g/mol. The van der Waals surface area contributed by atoms with Crippen LogP contribution in [0.3, 0.4) is 0 Å². The van der Waals surface area contributed by atoms with E-state index in [9.17, 15) is 8.42 Å². The van der Waals surface area contributed by atoms with Gasteiger partial charge in [-0.25, -0.2) is 8.42 Å². The summed E-state index contributed by atoms with van der Waals surface area (Å²) in [6, 6.07) is 0.520. The number of halogens is 1. The van der Waals surface area contributed by atoms with E-state index in [2.05, 4.69) is 25.3 Å². The van der Waals surface area contributed by atoms with Gasteiger partial charge in [0, 0.05) is 16.7 Å². The molecule has 88 valence electrons. The van der Waals surface area contributed by atoms with Crippen LogP contribution in [0.4, 0.5) is 0 Å². The fourth-order valence-corrected chi connectivity index (χ4v) is 2.95. The molecule has 0 unspecified atom stereocenters. The molecule has 15 heavy (non-hydrogen) atoms. The predicted octanol–water partition coefficient (Wildman–Crippen LogP) is 2.19. The minimum atomic E-state index is -3.58. The first-order valence-electron chi connectivity index (χ1n) is 5.20. The van der Waals surface area contributed by atoms with Crippen molar-refractivity contribution >= 4 is 19.7 Å². The van der Waals surface area contributed by atoms with E-state index < -0.39 is 9.05 Å². The first kappa shape index (κ1) is 13.0. The van der Waals surface area contributed by atoms with Crippen LogP contribution in [-0.4, -0.2) is 32.4 Å². The minimum absolute atomic E-state index is 0.0301. The molecule has 1 saturated heterocycles. The monoisotopic (exact) mass is 251 g/mol. The van der Waals surface area contributed by atoms with Gasteiger partial charge in [0.25, 0.3) is 9.05 Å². The lowest BCUT2D eigenvalue weighted by molar-refractivity contribution is 0.163. The van der Waals surface area contributed by atoms with Crippen molar-refractivity contribution in [2.75, 3.05) is 13.1 Å². The van der Waals surface area contributed by atoms with Crippen molar-refractivity contribution in [2.45, 2.75) is 32.7 Å². The van der Waals surface area contributed by atoms with Crippen LogP contribution in [0.5, 0.6) is 0 Å². The van der Waals surface area contributed by atoms with Crippen LogP contribution < -0.4 is 0 Å². The van der Waals surface area contributed by atoms with Crippen LogP contribution >= 0.6 is 10.7 Å². The van der Waals surface area contributed by atoms with E-state index in [4.69, 9.17) is 10.7 Å². The molecule has 0 bridgehead atoms. The lowest BCUT2D eigenvalue weighted by Crippen LogP contribution is -2.39. The van der Waals surface area contributed by atoms with Crippen molar-refractivity contribution < 1.29 is 8.42 Å². The van der Waals surface area contributed by atoms with Crippen molar-refractivity contribution in [1.29, 1.82) is 0 Å². The minimum Gasteiger partial charge on any atom is -0.301 e. The maximum absolute atomic E-state index is 11.1. The number of allylic oxidation sites excluding steroid dienone is 1. The van der Waals surface area contributed by atoms with Gasteiger partial charge in [-0.1, -0.05) is 6.58 Å². The summed E-state index contributed by atoms with van der Waals surface area (Å²) in [4.78, 5) is 2.53. The maximum atomic E-state index is 11.1. The zero-order chi connectivity index (χ0) is 11.6. The largest absolute Gasteiger partial charge is 0.301 e. The Labute approximate surface area is 96.5 Å². The molecule has 0 spiro atoms. The molecule has 0 amide bonds. The molecule has 1 aliphatic rings. The zero-order valence-corrected chi connectivity index (χ0v) is 10.8. The highest BCUT2D eigenvalue weighted by molar-refractivity contribution is 8.16. The van der Waals surface area contributed by atoms with Gasteiger partial charge >= 0.3 is 0 Å². The van der Waals surface area contributed by atoms with Gasteiger partial charge in [-0.3, -0.25) is 0 Å². The third kappa shape index (κ3) is 3.47. The molecular formula is C10H18ClNO2S. The fraction of sp³-hybridized carbons (Fsp3) is 0.800. The third-order valence-corrected chi connectivity index (χ3v) is 4.58. The SMILES string of the molecule is C=C(C1CCN(C(C)C)CC1)S(=O)(=O)Cl. The van der Waals surface area contributed by atoms with Gasteiger partial charge in [-0.2, -0.15) is 0 Å². The van der Waals surface area contributed by atoms with E-state index in [1.807, 2.05) is 0 Å². The molecule has 0 N–H and O–H groups in total. The molecule has 5 heteroatoms. The number of rotatable bonds is 3. The summed E-state index contributed by atoms with van der Waals surface area (Å²) >= 11 is 0. The van der Waals surface area contributed by atoms with Crippen LogP contribution in [0.2, 0.25) is 0 Å². The van der Waals surface area contributed by atoms with E-state index in [-0.39, 0.29) is 10.8 Å². The number of piperidine rings is 1. The van der Waals surface area contributed by atoms with Crippen LogP contribution in [0, 0.1) is 5.92 Å². The Morgan fingerprint density at radius 1 is 1.40 bits per heavy atom. The van der Waals surface area contributed by atoms with Gasteiger partial charge in [-0.15, -0.1) is 0 Å². The molecule has 1 aliphatic heterocycles. The topological polar surface area (TPSA) is 37.4 Å². The molecular weight excluding hydrogens is 234 g/mol. The van der Waals surface area contributed by atoms with Gasteiger partial charge in [0.1, 0.15) is 0 Å². The van der Waals surface area contributed by atoms with Crippen molar-refractivity contribution in [3.05, 3.63) is 11.5 Å². The lowest BCUT2D eigenvalue weighted by Gasteiger charge is -2.34. The maximum Gasteiger partial charge on any atom is 0.257 e. The van der Waals surface area contributed by atoms with Gasteiger partial charge in [0.05, 0.1) is 4.91 Å². The molecule has 1 rings (SSSR count). The summed E-state index contributed by atoms with van der Waals surface area (Å²) in [5.74, 6) is 0.0301. The van der Waals surface area contributed by atoms with E-state index in [0.717, 1.165) is 25.9 Å². The van der Waals surface area contributed by atoms with Crippen LogP contribution in [0.15, 0.2) is 11.5 Å². The molecule has 0 atom stereocenters. The molecule has 0 saturated carbocycles. The Balaban J connectivity index is 2.55. The Bertz CT molecular complexity index is 329. The number of likely N-dealkylation sites (tertiary alicyclic amines) is 1. The Morgan fingerprint density at radius 2 is 1.87 bits per heavy atom. The summed E-state index contributed by atoms with van der Waals surface area (Å²) in [6.45, 7) is 9.72. The van der Waals surface area contributed by atoms with Crippen molar-refractivity contribution in [3.63, 3.8) is 0 Å². The van der Waals surface area contributed by atoms with E-state index >= 15 is 0 Å². The summed E-state index contributed by atoms with van der Waals surface area (Å²) in [7, 11) is 1.69. The van der Waals surface area contributed by atoms with Gasteiger partial charge in [-0.05, 0) is 45.7 Å². The number of hydrogen-bond acceptors (Lipinski definition) is 3. The van der Waals surface area contributed by atoms with Gasteiger partial charge in [0.15, 0.2) is 0 Å². The van der Waals surface area contributed by atoms with Gasteiger partial charge in [0.2, 0.25) is 0 Å². The summed E-state index contributed by atoms with van der Waals surface area (Å²) < 4.78 is 22.2. The number of hydrogen-bond donors (Lipinski definition) is 0. The van der Waals surface area contributed by atoms with E-state index in [0.29, 0.717) is 6.04 Å². The fourth-order valence-electron chi connectivity index (χ4n) is 1.94. The second kappa shape index (κ2) is 4.85. The molecule has 0 radical (unpaired) electrons. The van der Waals surface area contributed by atoms with Gasteiger partial charge < -0.3 is 4.90 Å². The summed E-state index contributed by atoms with van der Waals surface area (Å²) in [5.41, 5.74) is 0. The molecule has 1 fully saturated rings. The number of nitrogens with zero attached hydrogens (tertiary/aromatic N) is 1. The summed E-state index contributed by atoms with van der Waals surface area (Å²) in [6.07, 6.45) is 1.67.